The second-order valence-electron chi connectivity index (χ2n) is 2.88. The Balaban J connectivity index is 2.98. The van der Waals surface area contributed by atoms with Gasteiger partial charge in [0.25, 0.3) is 0 Å². The quantitative estimate of drug-likeness (QED) is 0.345. The highest BCUT2D eigenvalue weighted by Crippen LogP contribution is 2.12. The predicted molar refractivity (Wildman–Crippen MR) is 61.0 cm³/mol. The molecule has 15 heavy (non-hydrogen) atoms. The zero-order valence-electron chi connectivity index (χ0n) is 8.84. The molecule has 1 aromatic carbocycles. The maximum atomic E-state index is 5.40. The van der Waals surface area contributed by atoms with Gasteiger partial charge in [-0.15, -0.1) is 5.10 Å². The normalized spacial score (nSPS) is 11.0. The number of hydrogen-bond acceptors (Lipinski definition) is 4. The number of rotatable bonds is 3. The summed E-state index contributed by atoms with van der Waals surface area (Å²) in [6.45, 7) is 3.44. The maximum absolute atomic E-state index is 5.40. The van der Waals surface area contributed by atoms with Crippen molar-refractivity contribution in [1.82, 2.24) is 5.12 Å². The number of aliphatic imine (C=N–C) groups is 1. The molecule has 0 spiro atoms. The Morgan fingerprint density at radius 2 is 2.00 bits per heavy atom. The number of ether oxygens (including phenoxy) is 1. The number of benzene rings is 1. The van der Waals surface area contributed by atoms with Crippen LogP contribution in [0.3, 0.4) is 0 Å². The first-order valence-corrected chi connectivity index (χ1v) is 4.35. The lowest BCUT2D eigenvalue weighted by Crippen LogP contribution is -2.21. The van der Waals surface area contributed by atoms with E-state index < -0.39 is 0 Å². The third kappa shape index (κ3) is 3.07. The average Bonchev–Trinajstić information content (AvgIpc) is 2.26. The van der Waals surface area contributed by atoms with Crippen molar-refractivity contribution in [2.24, 2.45) is 15.9 Å². The summed E-state index contributed by atoms with van der Waals surface area (Å²) in [4.78, 5) is 3.79. The maximum Gasteiger partial charge on any atom is 0.180 e. The molecule has 5 heteroatoms. The van der Waals surface area contributed by atoms with Crippen molar-refractivity contribution < 1.29 is 4.74 Å². The average molecular weight is 206 g/mol. The summed E-state index contributed by atoms with van der Waals surface area (Å²) in [6, 6.07) is 7.34. The molecule has 0 unspecified atom stereocenters. The molecule has 0 radical (unpaired) electrons. The molecule has 0 fully saturated rings. The van der Waals surface area contributed by atoms with E-state index in [1.165, 1.54) is 5.12 Å². The van der Waals surface area contributed by atoms with Gasteiger partial charge in [0.2, 0.25) is 0 Å². The highest BCUT2D eigenvalue weighted by atomic mass is 16.5. The van der Waals surface area contributed by atoms with Gasteiger partial charge in [-0.2, -0.15) is 0 Å². The van der Waals surface area contributed by atoms with E-state index >= 15 is 0 Å². The van der Waals surface area contributed by atoms with Gasteiger partial charge < -0.3 is 4.74 Å². The van der Waals surface area contributed by atoms with Gasteiger partial charge in [-0.1, -0.05) is 0 Å². The van der Waals surface area contributed by atoms with Gasteiger partial charge in [-0.05, 0) is 31.0 Å². The molecule has 0 aliphatic carbocycles. The molecule has 0 amide bonds. The van der Waals surface area contributed by atoms with Crippen LogP contribution in [0.1, 0.15) is 5.56 Å². The van der Waals surface area contributed by atoms with Crippen molar-refractivity contribution in [2.75, 3.05) is 14.2 Å². The van der Waals surface area contributed by atoms with Crippen LogP contribution in [0.4, 0.5) is 0 Å². The lowest BCUT2D eigenvalue weighted by Gasteiger charge is -2.07. The summed E-state index contributed by atoms with van der Waals surface area (Å²) in [5.74, 6) is 6.65. The number of hydrazine groups is 1. The van der Waals surface area contributed by atoms with E-state index in [0.717, 1.165) is 11.3 Å². The Labute approximate surface area is 88.8 Å². The molecule has 1 rings (SSSR count). The molecule has 0 atom stereocenters. The van der Waals surface area contributed by atoms with Crippen LogP contribution in [0, 0.1) is 0 Å². The molecule has 5 nitrogen and oxygen atoms in total. The lowest BCUT2D eigenvalue weighted by atomic mass is 10.2. The van der Waals surface area contributed by atoms with Gasteiger partial charge in [-0.3, -0.25) is 0 Å². The topological polar surface area (TPSA) is 63.2 Å². The van der Waals surface area contributed by atoms with Crippen LogP contribution in [0.5, 0.6) is 5.75 Å². The predicted octanol–water partition coefficient (Wildman–Crippen LogP) is 0.863. The molecule has 0 aromatic heterocycles. The molecule has 2 N–H and O–H groups in total. The standard InChI is InChI=1S/C10H14N4O/c1-12-10(13-14(2)11)8-4-6-9(15-3)7-5-8/h4-7H,1,11H2,2-3H3/b13-10-. The van der Waals surface area contributed by atoms with Gasteiger partial charge in [-0.25, -0.2) is 16.0 Å². The fourth-order valence-electron chi connectivity index (χ4n) is 1.07. The van der Waals surface area contributed by atoms with E-state index in [1.54, 1.807) is 14.2 Å². The molecule has 0 aliphatic rings. The highest BCUT2D eigenvalue weighted by molar-refractivity contribution is 6.01. The Morgan fingerprint density at radius 3 is 2.40 bits per heavy atom. The van der Waals surface area contributed by atoms with Crippen molar-refractivity contribution in [3.8, 4) is 5.75 Å². The van der Waals surface area contributed by atoms with Crippen LogP contribution in [-0.2, 0) is 0 Å². The van der Waals surface area contributed by atoms with Crippen molar-refractivity contribution in [2.45, 2.75) is 0 Å². The summed E-state index contributed by atoms with van der Waals surface area (Å²) in [6.07, 6.45) is 0. The van der Waals surface area contributed by atoms with E-state index in [0.29, 0.717) is 5.84 Å². The third-order valence-electron chi connectivity index (χ3n) is 1.75. The molecule has 0 saturated heterocycles. The van der Waals surface area contributed by atoms with E-state index in [2.05, 4.69) is 16.8 Å². The van der Waals surface area contributed by atoms with Crippen LogP contribution < -0.4 is 10.6 Å². The number of hydrogen-bond donors (Lipinski definition) is 1. The largest absolute Gasteiger partial charge is 0.497 e. The molecule has 0 saturated carbocycles. The van der Waals surface area contributed by atoms with Crippen LogP contribution in [0.25, 0.3) is 0 Å². The summed E-state index contributed by atoms with van der Waals surface area (Å²) < 4.78 is 5.04. The summed E-state index contributed by atoms with van der Waals surface area (Å²) >= 11 is 0. The Morgan fingerprint density at radius 1 is 1.40 bits per heavy atom. The van der Waals surface area contributed by atoms with Crippen molar-refractivity contribution in [3.05, 3.63) is 29.8 Å². The van der Waals surface area contributed by atoms with E-state index in [4.69, 9.17) is 10.6 Å². The van der Waals surface area contributed by atoms with Crippen molar-refractivity contribution in [1.29, 1.82) is 0 Å². The first-order chi connectivity index (χ1) is 7.17. The summed E-state index contributed by atoms with van der Waals surface area (Å²) in [5.41, 5.74) is 0.836. The van der Waals surface area contributed by atoms with Crippen LogP contribution in [0.15, 0.2) is 34.4 Å². The summed E-state index contributed by atoms with van der Waals surface area (Å²) in [5, 5.41) is 5.17. The molecule has 80 valence electrons. The number of hydrazone groups is 1. The molecule has 0 bridgehead atoms. The van der Waals surface area contributed by atoms with Gasteiger partial charge in [0.05, 0.1) is 7.11 Å². The first-order valence-electron chi connectivity index (χ1n) is 4.35. The van der Waals surface area contributed by atoms with Crippen molar-refractivity contribution >= 4 is 12.6 Å². The minimum atomic E-state index is 0.475. The van der Waals surface area contributed by atoms with Crippen LogP contribution in [0.2, 0.25) is 0 Å². The Kier molecular flexibility index (Phi) is 3.82. The summed E-state index contributed by atoms with van der Waals surface area (Å²) in [7, 11) is 3.23. The van der Waals surface area contributed by atoms with Gasteiger partial charge in [0.15, 0.2) is 5.84 Å². The number of amidine groups is 1. The second kappa shape index (κ2) is 5.11. The number of methoxy groups -OCH3 is 1. The van der Waals surface area contributed by atoms with Gasteiger partial charge in [0.1, 0.15) is 5.75 Å². The minimum Gasteiger partial charge on any atom is -0.497 e. The van der Waals surface area contributed by atoms with Crippen molar-refractivity contribution in [3.63, 3.8) is 0 Å². The molecule has 0 aliphatic heterocycles. The second-order valence-corrected chi connectivity index (χ2v) is 2.88. The molecular weight excluding hydrogens is 192 g/mol. The van der Waals surface area contributed by atoms with E-state index in [9.17, 15) is 0 Å². The SMILES string of the molecule is C=N/C(=N\N(C)N)c1ccc(OC)cc1. The number of nitrogens with zero attached hydrogens (tertiary/aromatic N) is 3. The third-order valence-corrected chi connectivity index (χ3v) is 1.75. The molecular formula is C10H14N4O. The van der Waals surface area contributed by atoms with E-state index in [-0.39, 0.29) is 0 Å². The smallest absolute Gasteiger partial charge is 0.180 e. The fraction of sp³-hybridized carbons (Fsp3) is 0.200. The number of nitrogens with two attached hydrogens (primary N) is 1. The van der Waals surface area contributed by atoms with E-state index in [1.807, 2.05) is 24.3 Å². The Bertz CT molecular complexity index is 356. The zero-order valence-corrected chi connectivity index (χ0v) is 8.84. The Hall–Kier alpha value is -1.88. The molecule has 1 aromatic rings. The highest BCUT2D eigenvalue weighted by Gasteiger charge is 2.01. The van der Waals surface area contributed by atoms with Crippen LogP contribution >= 0.6 is 0 Å². The first kappa shape index (κ1) is 11.2. The fourth-order valence-corrected chi connectivity index (χ4v) is 1.07. The molecule has 0 heterocycles. The lowest BCUT2D eigenvalue weighted by molar-refractivity contribution is 0.372. The van der Waals surface area contributed by atoms with Gasteiger partial charge in [0, 0.05) is 12.6 Å². The zero-order chi connectivity index (χ0) is 11.3. The van der Waals surface area contributed by atoms with Crippen LogP contribution in [-0.4, -0.2) is 31.8 Å². The van der Waals surface area contributed by atoms with Gasteiger partial charge >= 0.3 is 0 Å². The minimum absolute atomic E-state index is 0.475. The monoisotopic (exact) mass is 206 g/mol.